The Kier molecular flexibility index (Phi) is 10.1. The Balaban J connectivity index is -0.000000327. The number of hydrogen-bond donors (Lipinski definition) is 2. The van der Waals surface area contributed by atoms with E-state index < -0.39 is 17.4 Å². The van der Waals surface area contributed by atoms with Crippen LogP contribution in [0.5, 0.6) is 0 Å². The molecule has 1 unspecified atom stereocenters. The van der Waals surface area contributed by atoms with Gasteiger partial charge in [-0.05, 0) is 19.3 Å². The summed E-state index contributed by atoms with van der Waals surface area (Å²) in [5.74, 6) is -2.85. The summed E-state index contributed by atoms with van der Waals surface area (Å²) in [7, 11) is 0. The van der Waals surface area contributed by atoms with Crippen LogP contribution >= 0.6 is 0 Å². The second-order valence-electron chi connectivity index (χ2n) is 4.21. The van der Waals surface area contributed by atoms with Crippen molar-refractivity contribution in [2.75, 3.05) is 0 Å². The molecule has 4 nitrogen and oxygen atoms in total. The van der Waals surface area contributed by atoms with Gasteiger partial charge in [-0.25, -0.2) is 0 Å². The van der Waals surface area contributed by atoms with Crippen molar-refractivity contribution >= 4 is 60.8 Å². The Morgan fingerprint density at radius 3 is 2.00 bits per heavy atom. The number of carbonyl (C=O) groups is 2. The van der Waals surface area contributed by atoms with Crippen LogP contribution in [-0.2, 0) is 9.59 Å². The SMILES string of the molecule is CCCCCC(C)C(C)(C(=O)O)C(=O)O.[Ba+2].[H-].[H-]. The van der Waals surface area contributed by atoms with Gasteiger partial charge >= 0.3 is 60.8 Å². The monoisotopic (exact) mass is 356 g/mol. The smallest absolute Gasteiger partial charge is 1.00 e. The first-order valence-corrected chi connectivity index (χ1v) is 5.34. The molecule has 1 atom stereocenters. The number of unbranched alkanes of at least 4 members (excludes halogenated alkanes) is 2. The van der Waals surface area contributed by atoms with E-state index >= 15 is 0 Å². The Morgan fingerprint density at radius 2 is 1.69 bits per heavy atom. The van der Waals surface area contributed by atoms with Crippen molar-refractivity contribution in [2.45, 2.75) is 46.5 Å². The van der Waals surface area contributed by atoms with Crippen molar-refractivity contribution in [1.29, 1.82) is 0 Å². The van der Waals surface area contributed by atoms with Crippen molar-refractivity contribution in [1.82, 2.24) is 0 Å². The summed E-state index contributed by atoms with van der Waals surface area (Å²) in [4.78, 5) is 21.9. The maximum atomic E-state index is 11.0. The van der Waals surface area contributed by atoms with Gasteiger partial charge in [0.1, 0.15) is 0 Å². The average molecular weight is 356 g/mol. The van der Waals surface area contributed by atoms with E-state index in [9.17, 15) is 9.59 Å². The van der Waals surface area contributed by atoms with Crippen LogP contribution in [0.15, 0.2) is 0 Å². The van der Waals surface area contributed by atoms with Crippen LogP contribution in [0, 0.1) is 11.3 Å². The third-order valence-corrected chi connectivity index (χ3v) is 3.11. The second kappa shape index (κ2) is 8.58. The summed E-state index contributed by atoms with van der Waals surface area (Å²) in [6.07, 6.45) is 3.58. The third-order valence-electron chi connectivity index (χ3n) is 3.11. The minimum atomic E-state index is -1.66. The van der Waals surface area contributed by atoms with E-state index in [0.717, 1.165) is 19.3 Å². The van der Waals surface area contributed by atoms with Crippen molar-refractivity contribution in [3.05, 3.63) is 0 Å². The zero-order chi connectivity index (χ0) is 12.1. The summed E-state index contributed by atoms with van der Waals surface area (Å²) in [5, 5.41) is 17.9. The fourth-order valence-corrected chi connectivity index (χ4v) is 1.50. The van der Waals surface area contributed by atoms with Crippen LogP contribution in [-0.4, -0.2) is 71.0 Å². The van der Waals surface area contributed by atoms with Crippen LogP contribution < -0.4 is 0 Å². The first-order valence-electron chi connectivity index (χ1n) is 5.34. The summed E-state index contributed by atoms with van der Waals surface area (Å²) in [6, 6.07) is 0. The van der Waals surface area contributed by atoms with Gasteiger partial charge in [0.15, 0.2) is 5.41 Å². The maximum Gasteiger partial charge on any atom is 2.00 e. The summed E-state index contributed by atoms with van der Waals surface area (Å²) < 4.78 is 0. The zero-order valence-corrected chi connectivity index (χ0v) is 14.8. The Hall–Kier alpha value is 0.511. The molecule has 0 aromatic rings. The van der Waals surface area contributed by atoms with Gasteiger partial charge in [0, 0.05) is 0 Å². The molecule has 5 heteroatoms. The molecule has 0 saturated carbocycles. The van der Waals surface area contributed by atoms with Crippen molar-refractivity contribution in [3.63, 3.8) is 0 Å². The molecule has 0 amide bonds. The average Bonchev–Trinajstić information content (AvgIpc) is 2.15. The van der Waals surface area contributed by atoms with Crippen LogP contribution in [0.1, 0.15) is 49.3 Å². The minimum Gasteiger partial charge on any atom is -1.00 e. The maximum absolute atomic E-state index is 11.0. The van der Waals surface area contributed by atoms with E-state index in [1.165, 1.54) is 6.92 Å². The first kappa shape index (κ1) is 18.9. The standard InChI is InChI=1S/C11H20O4.Ba.2H/c1-4-5-6-7-8(2)11(3,9(12)13)10(14)15;;;/h8H,4-7H2,1-3H3,(H,12,13)(H,14,15);;;/q;+2;2*-1. The Labute approximate surface area is 140 Å². The molecule has 0 aromatic heterocycles. The van der Waals surface area contributed by atoms with Crippen molar-refractivity contribution in [2.24, 2.45) is 11.3 Å². The van der Waals surface area contributed by atoms with E-state index in [-0.39, 0.29) is 57.7 Å². The number of aliphatic carboxylic acids is 2. The molecule has 0 bridgehead atoms. The predicted molar refractivity (Wildman–Crippen MR) is 64.7 cm³/mol. The number of carboxylic acids is 2. The molecular formula is C11H22BaO4. The van der Waals surface area contributed by atoms with E-state index in [0.29, 0.717) is 6.42 Å². The zero-order valence-electron chi connectivity index (χ0n) is 12.3. The second-order valence-corrected chi connectivity index (χ2v) is 4.21. The topological polar surface area (TPSA) is 74.6 Å². The summed E-state index contributed by atoms with van der Waals surface area (Å²) in [5.41, 5.74) is -1.66. The molecule has 0 spiro atoms. The van der Waals surface area contributed by atoms with Gasteiger partial charge in [0.25, 0.3) is 0 Å². The Morgan fingerprint density at radius 1 is 1.25 bits per heavy atom. The minimum absolute atomic E-state index is 0. The van der Waals surface area contributed by atoms with Crippen molar-refractivity contribution < 1.29 is 22.7 Å². The number of carboxylic acid groups (broad SMARTS) is 2. The normalized spacial score (nSPS) is 12.7. The molecule has 0 saturated heterocycles. The molecular weight excluding hydrogens is 333 g/mol. The van der Waals surface area contributed by atoms with Gasteiger partial charge < -0.3 is 13.1 Å². The third kappa shape index (κ3) is 4.79. The quantitative estimate of drug-likeness (QED) is 0.417. The van der Waals surface area contributed by atoms with E-state index in [1.807, 2.05) is 0 Å². The summed E-state index contributed by atoms with van der Waals surface area (Å²) >= 11 is 0. The van der Waals surface area contributed by atoms with Crippen LogP contribution in [0.2, 0.25) is 0 Å². The van der Waals surface area contributed by atoms with Gasteiger partial charge in [-0.1, -0.05) is 33.1 Å². The van der Waals surface area contributed by atoms with Gasteiger partial charge in [-0.2, -0.15) is 0 Å². The first-order chi connectivity index (χ1) is 6.87. The summed E-state index contributed by atoms with van der Waals surface area (Å²) in [6.45, 7) is 5.03. The van der Waals surface area contributed by atoms with Gasteiger partial charge in [0.2, 0.25) is 0 Å². The van der Waals surface area contributed by atoms with Crippen LogP contribution in [0.3, 0.4) is 0 Å². The van der Waals surface area contributed by atoms with Crippen molar-refractivity contribution in [3.8, 4) is 0 Å². The molecule has 0 aromatic carbocycles. The van der Waals surface area contributed by atoms with E-state index in [1.54, 1.807) is 6.92 Å². The molecule has 0 heterocycles. The van der Waals surface area contributed by atoms with Gasteiger partial charge in [0.05, 0.1) is 0 Å². The van der Waals surface area contributed by atoms with E-state index in [2.05, 4.69) is 6.92 Å². The fraction of sp³-hybridized carbons (Fsp3) is 0.818. The molecule has 0 aliphatic rings. The molecule has 0 aliphatic carbocycles. The molecule has 0 radical (unpaired) electrons. The van der Waals surface area contributed by atoms with Gasteiger partial charge in [-0.15, -0.1) is 0 Å². The largest absolute Gasteiger partial charge is 2.00 e. The Bertz CT molecular complexity index is 235. The molecule has 0 aliphatic heterocycles. The van der Waals surface area contributed by atoms with Crippen LogP contribution in [0.4, 0.5) is 0 Å². The predicted octanol–water partition coefficient (Wildman–Crippen LogP) is 2.22. The molecule has 0 fully saturated rings. The fourth-order valence-electron chi connectivity index (χ4n) is 1.50. The molecule has 0 rings (SSSR count). The van der Waals surface area contributed by atoms with Gasteiger partial charge in [-0.3, -0.25) is 9.59 Å². The number of hydrogen-bond acceptors (Lipinski definition) is 2. The van der Waals surface area contributed by atoms with E-state index in [4.69, 9.17) is 10.2 Å². The molecule has 16 heavy (non-hydrogen) atoms. The number of rotatable bonds is 7. The molecule has 2 N–H and O–H groups in total. The van der Waals surface area contributed by atoms with Crippen LogP contribution in [0.25, 0.3) is 0 Å². The molecule has 92 valence electrons.